The van der Waals surface area contributed by atoms with Gasteiger partial charge in [0, 0.05) is 0 Å². The molecule has 0 fully saturated rings. The normalized spacial score (nSPS) is 15.4. The number of rotatable bonds is 1. The van der Waals surface area contributed by atoms with Gasteiger partial charge in [0.2, 0.25) is 0 Å². The minimum atomic E-state index is -2.24. The quantitative estimate of drug-likeness (QED) is 0.287. The molecule has 0 aromatic rings. The summed E-state index contributed by atoms with van der Waals surface area (Å²) in [7, 11) is 0. The zero-order valence-electron chi connectivity index (χ0n) is 3.13. The summed E-state index contributed by atoms with van der Waals surface area (Å²) < 4.78 is 10.3. The van der Waals surface area contributed by atoms with E-state index in [1.165, 1.54) is 0 Å². The van der Waals surface area contributed by atoms with Crippen LogP contribution in [0.2, 0.25) is 0 Å². The molecule has 0 radical (unpaired) electrons. The molecule has 34 valence electrons. The third-order valence-electron chi connectivity index (χ3n) is 0.360. The van der Waals surface area contributed by atoms with Gasteiger partial charge in [-0.2, -0.15) is 0 Å². The van der Waals surface area contributed by atoms with Gasteiger partial charge in [0.15, 0.2) is 0 Å². The van der Waals surface area contributed by atoms with Gasteiger partial charge in [-0.15, -0.1) is 0 Å². The Morgan fingerprint density at radius 1 is 1.71 bits per heavy atom. The van der Waals surface area contributed by atoms with E-state index in [-0.39, 0.29) is 0 Å². The zero-order chi connectivity index (χ0) is 5.11. The Morgan fingerprint density at radius 3 is 2.57 bits per heavy atom. The van der Waals surface area contributed by atoms with Crippen LogP contribution in [-0.2, 0) is 0 Å². The summed E-state index contributed by atoms with van der Waals surface area (Å²) in [6.45, 7) is 0. The molecular weight excluding hydrogens is 293 g/mol. The van der Waals surface area contributed by atoms with Crippen LogP contribution in [0.5, 0.6) is 0 Å². The Hall–Kier alpha value is -0.497. The first-order valence-electron chi connectivity index (χ1n) is 1.40. The molecule has 7 heteroatoms. The van der Waals surface area contributed by atoms with Gasteiger partial charge in [0.25, 0.3) is 0 Å². The second kappa shape index (κ2) is 1.98. The van der Waals surface area contributed by atoms with E-state index in [1.54, 1.807) is 0 Å². The van der Waals surface area contributed by atoms with Gasteiger partial charge in [-0.25, -0.2) is 0 Å². The number of azide groups is 1. The Labute approximate surface area is 47.5 Å². The maximum absolute atomic E-state index is 7.75. The fourth-order valence-corrected chi connectivity index (χ4v) is 1.29. The van der Waals surface area contributed by atoms with Gasteiger partial charge in [-0.3, -0.25) is 0 Å². The van der Waals surface area contributed by atoms with Crippen molar-refractivity contribution >= 4 is 22.6 Å². The van der Waals surface area contributed by atoms with Crippen molar-refractivity contribution in [1.29, 1.82) is 0 Å². The molecule has 0 spiro atoms. The second-order valence-electron chi connectivity index (χ2n) is 0.716. The summed E-state index contributed by atoms with van der Waals surface area (Å²) in [5.74, 6) is 0. The van der Waals surface area contributed by atoms with Crippen molar-refractivity contribution in [3.05, 3.63) is 10.4 Å². The first-order valence-corrected chi connectivity index (χ1v) is 6.06. The van der Waals surface area contributed by atoms with Crippen molar-refractivity contribution in [2.45, 2.75) is 0 Å². The summed E-state index contributed by atoms with van der Waals surface area (Å²) in [5.41, 5.74) is 7.75. The van der Waals surface area contributed by atoms with Gasteiger partial charge >= 0.3 is 47.2 Å². The minimum absolute atomic E-state index is 2.24. The molecule has 0 saturated carbocycles. The second-order valence-corrected chi connectivity index (χ2v) is 4.89. The van der Waals surface area contributed by atoms with E-state index < -0.39 is 22.6 Å². The average Bonchev–Trinajstić information content (AvgIpc) is 1.55. The molecule has 0 aromatic heterocycles. The van der Waals surface area contributed by atoms with E-state index in [4.69, 9.17) is 5.53 Å². The maximum atomic E-state index is 7.75. The SMILES string of the molecule is [N-]=[N+]=[N][Bi]1[N]=[N+]=[N]1. The molecule has 0 N–H and O–H groups in total. The van der Waals surface area contributed by atoms with Crippen LogP contribution in [0.25, 0.3) is 10.4 Å². The van der Waals surface area contributed by atoms with E-state index in [1.807, 2.05) is 0 Å². The van der Waals surface area contributed by atoms with Crippen molar-refractivity contribution < 1.29 is 0 Å². The Balaban J connectivity index is 2.51. The van der Waals surface area contributed by atoms with Gasteiger partial charge < -0.3 is 0 Å². The molecule has 0 bridgehead atoms. The molecule has 0 unspecified atom stereocenters. The molecule has 6 nitrogen and oxygen atoms in total. The first kappa shape index (κ1) is 4.66. The molecule has 0 atom stereocenters. The average molecular weight is 293 g/mol. The first-order chi connectivity index (χ1) is 3.43. The summed E-state index contributed by atoms with van der Waals surface area (Å²) in [6.07, 6.45) is 0. The molecule has 7 heavy (non-hydrogen) atoms. The van der Waals surface area contributed by atoms with Gasteiger partial charge in [0.05, 0.1) is 0 Å². The fraction of sp³-hybridized carbons (Fsp3) is 0. The van der Waals surface area contributed by atoms with Crippen molar-refractivity contribution in [3.8, 4) is 0 Å². The van der Waals surface area contributed by atoms with E-state index in [9.17, 15) is 0 Å². The molecule has 1 aliphatic rings. The molecule has 1 heterocycles. The standard InChI is InChI=1S/Bi.2N3/c;2*1-3-2/q+3;2*-1. The molecule has 0 saturated heterocycles. The molecule has 1 aliphatic heterocycles. The summed E-state index contributed by atoms with van der Waals surface area (Å²) in [6, 6.07) is 0. The van der Waals surface area contributed by atoms with E-state index in [2.05, 4.69) is 19.0 Å². The van der Waals surface area contributed by atoms with E-state index >= 15 is 0 Å². The molecule has 0 amide bonds. The third kappa shape index (κ3) is 0.934. The fourth-order valence-electron chi connectivity index (χ4n) is 0.147. The van der Waals surface area contributed by atoms with Crippen molar-refractivity contribution in [1.82, 2.24) is 4.91 Å². The van der Waals surface area contributed by atoms with E-state index in [0.29, 0.717) is 0 Å². The Kier molecular flexibility index (Phi) is 1.32. The van der Waals surface area contributed by atoms with Crippen molar-refractivity contribution in [2.75, 3.05) is 0 Å². The number of hydrogen-bond donors (Lipinski definition) is 0. The van der Waals surface area contributed by atoms with Gasteiger partial charge in [-0.05, 0) is 0 Å². The van der Waals surface area contributed by atoms with Crippen LogP contribution < -0.4 is 4.91 Å². The summed E-state index contributed by atoms with van der Waals surface area (Å²) in [4.78, 5) is 5.72. The molecule has 0 aromatic carbocycles. The zero-order valence-corrected chi connectivity index (χ0v) is 6.61. The van der Waals surface area contributed by atoms with Crippen LogP contribution in [0.15, 0.2) is 9.17 Å². The summed E-state index contributed by atoms with van der Waals surface area (Å²) in [5, 5.41) is 0. The Bertz CT molecular complexity index is 159. The third-order valence-corrected chi connectivity index (χ3v) is 3.16. The topological polar surface area (TPSA) is 87.6 Å². The number of nitrogens with zero attached hydrogens (tertiary/aromatic N) is 6. The van der Waals surface area contributed by atoms with Gasteiger partial charge in [-0.1, -0.05) is 0 Å². The van der Waals surface area contributed by atoms with Crippen LogP contribution >= 0.6 is 0 Å². The van der Waals surface area contributed by atoms with Crippen molar-refractivity contribution in [3.63, 3.8) is 0 Å². The molecular formula is BiN6+. The van der Waals surface area contributed by atoms with Gasteiger partial charge in [0.1, 0.15) is 0 Å². The van der Waals surface area contributed by atoms with E-state index in [0.717, 1.165) is 0 Å². The Morgan fingerprint density at radius 2 is 2.43 bits per heavy atom. The van der Waals surface area contributed by atoms with Crippen LogP contribution in [0, 0.1) is 0 Å². The predicted octanol–water partition coefficient (Wildman–Crippen LogP) is 0.267. The molecule has 0 aliphatic carbocycles. The number of hydrogen-bond acceptors (Lipinski definition) is 3. The van der Waals surface area contributed by atoms with Crippen LogP contribution in [0.1, 0.15) is 0 Å². The van der Waals surface area contributed by atoms with Crippen LogP contribution in [-0.4, -0.2) is 22.6 Å². The summed E-state index contributed by atoms with van der Waals surface area (Å²) >= 11 is -2.24. The van der Waals surface area contributed by atoms with Crippen LogP contribution in [0.4, 0.5) is 0 Å². The monoisotopic (exact) mass is 293 g/mol. The molecule has 1 rings (SSSR count). The van der Waals surface area contributed by atoms with Crippen LogP contribution in [0.3, 0.4) is 0 Å². The predicted molar refractivity (Wildman–Crippen MR) is 21.9 cm³/mol. The van der Waals surface area contributed by atoms with Crippen molar-refractivity contribution in [2.24, 2.45) is 9.17 Å².